The molecule has 0 heterocycles. The minimum atomic E-state index is -0.373. The summed E-state index contributed by atoms with van der Waals surface area (Å²) in [5.41, 5.74) is 2.28. The third kappa shape index (κ3) is 4.30. The van der Waals surface area contributed by atoms with Crippen molar-refractivity contribution in [3.63, 3.8) is 0 Å². The maximum Gasteiger partial charge on any atom is 0.333 e. The molecule has 1 aromatic carbocycles. The minimum Gasteiger partial charge on any atom is -0.466 e. The van der Waals surface area contributed by atoms with Gasteiger partial charge in [0.25, 0.3) is 0 Å². The number of esters is 2. The molecule has 1 aliphatic rings. The smallest absolute Gasteiger partial charge is 0.333 e. The number of benzene rings is 1. The van der Waals surface area contributed by atoms with Gasteiger partial charge in [-0.1, -0.05) is 44.2 Å². The molecule has 2 rings (SSSR count). The lowest BCUT2D eigenvalue weighted by Crippen LogP contribution is -2.10. The summed E-state index contributed by atoms with van der Waals surface area (Å²) in [5, 5.41) is 0. The van der Waals surface area contributed by atoms with Gasteiger partial charge in [0.05, 0.1) is 13.0 Å². The van der Waals surface area contributed by atoms with E-state index in [0.29, 0.717) is 12.0 Å². The Morgan fingerprint density at radius 3 is 2.40 bits per heavy atom. The van der Waals surface area contributed by atoms with E-state index in [4.69, 9.17) is 15.9 Å². The Kier molecular flexibility index (Phi) is 5.69. The minimum absolute atomic E-state index is 0.0166. The van der Waals surface area contributed by atoms with Gasteiger partial charge in [0, 0.05) is 12.0 Å². The van der Waals surface area contributed by atoms with Crippen molar-refractivity contribution in [3.05, 3.63) is 47.0 Å². The predicted octanol–water partition coefficient (Wildman–Crippen LogP) is 3.30. The summed E-state index contributed by atoms with van der Waals surface area (Å²) in [6.07, 6.45) is 7.68. The number of terminal acetylenes is 1. The van der Waals surface area contributed by atoms with Gasteiger partial charge in [-0.25, -0.2) is 4.79 Å². The zero-order valence-electron chi connectivity index (χ0n) is 15.2. The Morgan fingerprint density at radius 1 is 1.24 bits per heavy atom. The number of allylic oxidation sites excluding steroid dienone is 1. The van der Waals surface area contributed by atoms with Gasteiger partial charge in [-0.2, -0.15) is 0 Å². The SMILES string of the molecule is C#CCc1ccc(COC(=O)C2C(C=C(C)C(=O)OC)C2(C)C)cc1. The average Bonchev–Trinajstić information content (AvgIpc) is 3.13. The van der Waals surface area contributed by atoms with E-state index in [-0.39, 0.29) is 35.8 Å². The average molecular weight is 340 g/mol. The fraction of sp³-hybridized carbons (Fsp3) is 0.429. The second kappa shape index (κ2) is 7.57. The van der Waals surface area contributed by atoms with Gasteiger partial charge in [0.1, 0.15) is 6.61 Å². The second-order valence-corrected chi connectivity index (χ2v) is 6.97. The number of methoxy groups -OCH3 is 1. The maximum absolute atomic E-state index is 12.4. The highest BCUT2D eigenvalue weighted by atomic mass is 16.5. The molecule has 1 saturated carbocycles. The molecule has 1 aliphatic carbocycles. The number of carbonyl (C=O) groups is 2. The summed E-state index contributed by atoms with van der Waals surface area (Å²) in [6.45, 7) is 5.92. The Hall–Kier alpha value is -2.54. The van der Waals surface area contributed by atoms with E-state index in [1.807, 2.05) is 44.2 Å². The van der Waals surface area contributed by atoms with E-state index >= 15 is 0 Å². The van der Waals surface area contributed by atoms with Gasteiger partial charge in [-0.05, 0) is 29.4 Å². The summed E-state index contributed by atoms with van der Waals surface area (Å²) >= 11 is 0. The highest BCUT2D eigenvalue weighted by molar-refractivity contribution is 5.88. The Bertz CT molecular complexity index is 719. The first-order valence-corrected chi connectivity index (χ1v) is 8.26. The molecule has 0 saturated heterocycles. The molecule has 0 bridgehead atoms. The normalized spacial score (nSPS) is 21.2. The molecule has 25 heavy (non-hydrogen) atoms. The molecular formula is C21H24O4. The van der Waals surface area contributed by atoms with Crippen molar-refractivity contribution in [1.82, 2.24) is 0 Å². The summed E-state index contributed by atoms with van der Waals surface area (Å²) in [7, 11) is 1.35. The van der Waals surface area contributed by atoms with Gasteiger partial charge in [-0.15, -0.1) is 12.3 Å². The Balaban J connectivity index is 1.94. The first kappa shape index (κ1) is 18.8. The zero-order valence-corrected chi connectivity index (χ0v) is 15.2. The molecule has 2 unspecified atom stereocenters. The summed E-state index contributed by atoms with van der Waals surface area (Å²) in [5.74, 6) is 1.72. The van der Waals surface area contributed by atoms with Crippen LogP contribution in [0.3, 0.4) is 0 Å². The molecule has 0 amide bonds. The van der Waals surface area contributed by atoms with Gasteiger partial charge < -0.3 is 9.47 Å². The van der Waals surface area contributed by atoms with Crippen molar-refractivity contribution < 1.29 is 19.1 Å². The summed E-state index contributed by atoms with van der Waals surface area (Å²) in [6, 6.07) is 7.71. The van der Waals surface area contributed by atoms with E-state index in [9.17, 15) is 9.59 Å². The predicted molar refractivity (Wildman–Crippen MR) is 95.3 cm³/mol. The van der Waals surface area contributed by atoms with Crippen LogP contribution in [-0.2, 0) is 32.1 Å². The van der Waals surface area contributed by atoms with Crippen molar-refractivity contribution in [2.75, 3.05) is 7.11 Å². The van der Waals surface area contributed by atoms with Crippen molar-refractivity contribution in [2.24, 2.45) is 17.3 Å². The number of carbonyl (C=O) groups excluding carboxylic acids is 2. The fourth-order valence-electron chi connectivity index (χ4n) is 3.05. The van der Waals surface area contributed by atoms with Gasteiger partial charge in [-0.3, -0.25) is 4.79 Å². The molecule has 0 spiro atoms. The summed E-state index contributed by atoms with van der Waals surface area (Å²) < 4.78 is 10.2. The lowest BCUT2D eigenvalue weighted by Gasteiger charge is -2.06. The van der Waals surface area contributed by atoms with Crippen molar-refractivity contribution in [3.8, 4) is 12.3 Å². The van der Waals surface area contributed by atoms with Crippen LogP contribution in [0.15, 0.2) is 35.9 Å². The first-order chi connectivity index (χ1) is 11.8. The molecule has 0 aliphatic heterocycles. The van der Waals surface area contributed by atoms with E-state index < -0.39 is 0 Å². The third-order valence-electron chi connectivity index (χ3n) is 4.81. The topological polar surface area (TPSA) is 52.6 Å². The van der Waals surface area contributed by atoms with Crippen LogP contribution in [0.5, 0.6) is 0 Å². The van der Waals surface area contributed by atoms with Crippen LogP contribution in [0.2, 0.25) is 0 Å². The van der Waals surface area contributed by atoms with Crippen LogP contribution in [0.4, 0.5) is 0 Å². The molecule has 1 aromatic rings. The molecule has 4 nitrogen and oxygen atoms in total. The molecule has 1 fully saturated rings. The number of rotatable bonds is 6. The molecule has 0 aromatic heterocycles. The van der Waals surface area contributed by atoms with E-state index in [1.165, 1.54) is 7.11 Å². The fourth-order valence-corrected chi connectivity index (χ4v) is 3.05. The molecule has 4 heteroatoms. The van der Waals surface area contributed by atoms with Crippen molar-refractivity contribution in [1.29, 1.82) is 0 Å². The van der Waals surface area contributed by atoms with Gasteiger partial charge in [0.15, 0.2) is 0 Å². The second-order valence-electron chi connectivity index (χ2n) is 6.97. The highest BCUT2D eigenvalue weighted by Crippen LogP contribution is 2.59. The molecule has 0 radical (unpaired) electrons. The van der Waals surface area contributed by atoms with E-state index in [1.54, 1.807) is 6.92 Å². The zero-order chi connectivity index (χ0) is 18.6. The molecule has 0 N–H and O–H groups in total. The quantitative estimate of drug-likeness (QED) is 0.453. The van der Waals surface area contributed by atoms with Crippen LogP contribution < -0.4 is 0 Å². The lowest BCUT2D eigenvalue weighted by atomic mass is 10.1. The van der Waals surface area contributed by atoms with Gasteiger partial charge >= 0.3 is 11.9 Å². The van der Waals surface area contributed by atoms with Crippen LogP contribution in [0.1, 0.15) is 31.9 Å². The van der Waals surface area contributed by atoms with Crippen LogP contribution in [0.25, 0.3) is 0 Å². The number of ether oxygens (including phenoxy) is 2. The number of hydrogen-bond acceptors (Lipinski definition) is 4. The Morgan fingerprint density at radius 2 is 1.84 bits per heavy atom. The van der Waals surface area contributed by atoms with E-state index in [0.717, 1.165) is 11.1 Å². The largest absolute Gasteiger partial charge is 0.466 e. The lowest BCUT2D eigenvalue weighted by molar-refractivity contribution is -0.147. The highest BCUT2D eigenvalue weighted by Gasteiger charge is 2.61. The Labute approximate surface area is 149 Å². The van der Waals surface area contributed by atoms with Crippen molar-refractivity contribution >= 4 is 11.9 Å². The van der Waals surface area contributed by atoms with Crippen LogP contribution >= 0.6 is 0 Å². The van der Waals surface area contributed by atoms with Crippen LogP contribution in [0, 0.1) is 29.6 Å². The molecular weight excluding hydrogens is 316 g/mol. The van der Waals surface area contributed by atoms with E-state index in [2.05, 4.69) is 5.92 Å². The van der Waals surface area contributed by atoms with Crippen LogP contribution in [-0.4, -0.2) is 19.0 Å². The monoisotopic (exact) mass is 340 g/mol. The molecule has 2 atom stereocenters. The standard InChI is InChI=1S/C21H24O4/c1-6-7-15-8-10-16(11-9-15)13-25-20(23)18-17(21(18,3)4)12-14(2)19(22)24-5/h1,8-12,17-18H,7,13H2,2-5H3. The third-order valence-corrected chi connectivity index (χ3v) is 4.81. The summed E-state index contributed by atoms with van der Waals surface area (Å²) in [4.78, 5) is 23.9. The van der Waals surface area contributed by atoms with Gasteiger partial charge in [0.2, 0.25) is 0 Å². The maximum atomic E-state index is 12.4. The molecule has 132 valence electrons. The first-order valence-electron chi connectivity index (χ1n) is 8.26. The van der Waals surface area contributed by atoms with Crippen molar-refractivity contribution in [2.45, 2.75) is 33.8 Å². The number of hydrogen-bond donors (Lipinski definition) is 0.